The molecule has 9 nitrogen and oxygen atoms in total. The molecule has 0 aliphatic carbocycles. The third kappa shape index (κ3) is 5.54. The standard InChI is InChI=1S/C25H27N7O.C4H9N/c1-26-14-19-20(16-33)21(29-22-6-5-7-23(30-22)32-11-3-4-12-32)15-28-24(19)17-8-10-27-25-18(17)9-13-31(25)2;1-2-4-5-3-1/h5-10,13,15-16,26H,3-4,11-12,14H2,1-2H3,(H,29,30);5H,1-4H2. The second-order valence-electron chi connectivity index (χ2n) is 9.74. The Balaban J connectivity index is 0.000000529. The van der Waals surface area contributed by atoms with Crippen LogP contribution in [0.1, 0.15) is 41.6 Å². The van der Waals surface area contributed by atoms with Gasteiger partial charge in [0.05, 0.1) is 17.6 Å². The van der Waals surface area contributed by atoms with Crippen molar-refractivity contribution >= 4 is 34.6 Å². The number of aldehydes is 1. The molecule has 2 saturated heterocycles. The molecule has 2 fully saturated rings. The SMILES string of the molecule is C1CCNC1.CNCc1c(-c2ccnc3c2ccn3C)ncc(Nc2cccc(N3CCCC3)n2)c1C=O. The van der Waals surface area contributed by atoms with Crippen molar-refractivity contribution in [2.75, 3.05) is 43.4 Å². The lowest BCUT2D eigenvalue weighted by atomic mass is 9.99. The lowest BCUT2D eigenvalue weighted by Gasteiger charge is -2.19. The molecule has 2 aliphatic rings. The highest BCUT2D eigenvalue weighted by Crippen LogP contribution is 2.33. The van der Waals surface area contributed by atoms with E-state index < -0.39 is 0 Å². The molecule has 38 heavy (non-hydrogen) atoms. The second kappa shape index (κ2) is 12.1. The number of anilines is 3. The van der Waals surface area contributed by atoms with E-state index in [0.717, 1.165) is 53.0 Å². The summed E-state index contributed by atoms with van der Waals surface area (Å²) in [7, 11) is 3.83. The van der Waals surface area contributed by atoms with E-state index in [1.54, 1.807) is 12.4 Å². The van der Waals surface area contributed by atoms with E-state index in [4.69, 9.17) is 9.97 Å². The van der Waals surface area contributed by atoms with Gasteiger partial charge in [-0.25, -0.2) is 9.97 Å². The highest BCUT2D eigenvalue weighted by molar-refractivity contribution is 5.96. The van der Waals surface area contributed by atoms with Crippen molar-refractivity contribution in [1.82, 2.24) is 30.2 Å². The molecule has 0 bridgehead atoms. The number of rotatable bonds is 7. The Labute approximate surface area is 223 Å². The maximum Gasteiger partial charge on any atom is 0.152 e. The Morgan fingerprint density at radius 2 is 1.87 bits per heavy atom. The summed E-state index contributed by atoms with van der Waals surface area (Å²) in [4.78, 5) is 28.6. The monoisotopic (exact) mass is 512 g/mol. The summed E-state index contributed by atoms with van der Waals surface area (Å²) in [6, 6.07) is 9.91. The molecule has 0 radical (unpaired) electrons. The fraction of sp³-hybridized carbons (Fsp3) is 0.379. The summed E-state index contributed by atoms with van der Waals surface area (Å²) < 4.78 is 1.98. The summed E-state index contributed by atoms with van der Waals surface area (Å²) in [5.74, 6) is 1.65. The first-order chi connectivity index (χ1) is 18.7. The van der Waals surface area contributed by atoms with Crippen LogP contribution in [0.3, 0.4) is 0 Å². The Morgan fingerprint density at radius 1 is 1.05 bits per heavy atom. The van der Waals surface area contributed by atoms with Gasteiger partial charge in [0.1, 0.15) is 17.3 Å². The largest absolute Gasteiger partial charge is 0.357 e. The fourth-order valence-corrected chi connectivity index (χ4v) is 5.14. The van der Waals surface area contributed by atoms with E-state index in [9.17, 15) is 4.79 Å². The third-order valence-electron chi connectivity index (χ3n) is 7.10. The van der Waals surface area contributed by atoms with Gasteiger partial charge in [-0.3, -0.25) is 9.78 Å². The quantitative estimate of drug-likeness (QED) is 0.316. The minimum absolute atomic E-state index is 0.504. The van der Waals surface area contributed by atoms with Gasteiger partial charge in [0.15, 0.2) is 6.29 Å². The number of carbonyl (C=O) groups is 1. The van der Waals surface area contributed by atoms with E-state index in [0.29, 0.717) is 23.6 Å². The highest BCUT2D eigenvalue weighted by atomic mass is 16.1. The average Bonchev–Trinajstić information content (AvgIpc) is 3.74. The molecule has 198 valence electrons. The van der Waals surface area contributed by atoms with Crippen LogP contribution in [-0.2, 0) is 13.6 Å². The molecule has 0 spiro atoms. The summed E-state index contributed by atoms with van der Waals surface area (Å²) in [5.41, 5.74) is 4.66. The minimum Gasteiger partial charge on any atom is -0.357 e. The summed E-state index contributed by atoms with van der Waals surface area (Å²) in [5, 5.41) is 10.7. The highest BCUT2D eigenvalue weighted by Gasteiger charge is 2.19. The predicted octanol–water partition coefficient (Wildman–Crippen LogP) is 4.28. The van der Waals surface area contributed by atoms with Gasteiger partial charge >= 0.3 is 0 Å². The second-order valence-corrected chi connectivity index (χ2v) is 9.74. The molecule has 6 rings (SSSR count). The molecule has 0 atom stereocenters. The van der Waals surface area contributed by atoms with Crippen LogP contribution in [-0.4, -0.2) is 59.0 Å². The van der Waals surface area contributed by atoms with E-state index in [-0.39, 0.29) is 0 Å². The smallest absolute Gasteiger partial charge is 0.152 e. The van der Waals surface area contributed by atoms with Gasteiger partial charge in [0, 0.05) is 61.2 Å². The Kier molecular flexibility index (Phi) is 8.25. The molecule has 3 N–H and O–H groups in total. The van der Waals surface area contributed by atoms with Gasteiger partial charge in [-0.2, -0.15) is 0 Å². The number of aromatic nitrogens is 4. The van der Waals surface area contributed by atoms with Crippen LogP contribution in [0.4, 0.5) is 17.3 Å². The summed E-state index contributed by atoms with van der Waals surface area (Å²) >= 11 is 0. The number of aryl methyl sites for hydroxylation is 1. The van der Waals surface area contributed by atoms with Crippen molar-refractivity contribution in [3.63, 3.8) is 0 Å². The number of carbonyl (C=O) groups excluding carboxylic acids is 1. The van der Waals surface area contributed by atoms with Crippen LogP contribution in [0.15, 0.2) is 48.9 Å². The Hall–Kier alpha value is -3.82. The van der Waals surface area contributed by atoms with Crippen molar-refractivity contribution in [3.05, 3.63) is 60.0 Å². The number of fused-ring (bicyclic) bond motifs is 1. The van der Waals surface area contributed by atoms with Gasteiger partial charge in [0.2, 0.25) is 0 Å². The van der Waals surface area contributed by atoms with Gasteiger partial charge in [-0.05, 0) is 70.1 Å². The zero-order valence-corrected chi connectivity index (χ0v) is 22.2. The Bertz CT molecular complexity index is 1380. The van der Waals surface area contributed by atoms with Crippen molar-refractivity contribution < 1.29 is 4.79 Å². The van der Waals surface area contributed by atoms with Crippen LogP contribution < -0.4 is 20.9 Å². The summed E-state index contributed by atoms with van der Waals surface area (Å²) in [6.45, 7) is 5.06. The maximum atomic E-state index is 12.3. The first-order valence-corrected chi connectivity index (χ1v) is 13.4. The first-order valence-electron chi connectivity index (χ1n) is 13.4. The van der Waals surface area contributed by atoms with Crippen molar-refractivity contribution in [2.45, 2.75) is 32.2 Å². The maximum absolute atomic E-state index is 12.3. The van der Waals surface area contributed by atoms with E-state index in [2.05, 4.69) is 25.8 Å². The molecule has 4 aromatic rings. The van der Waals surface area contributed by atoms with E-state index in [1.165, 1.54) is 38.8 Å². The lowest BCUT2D eigenvalue weighted by molar-refractivity contribution is 0.112. The topological polar surface area (TPSA) is 100 Å². The normalized spacial score (nSPS) is 14.9. The number of nitrogens with zero attached hydrogens (tertiary/aromatic N) is 5. The minimum atomic E-state index is 0.504. The number of nitrogens with one attached hydrogen (secondary N) is 3. The number of hydrogen-bond donors (Lipinski definition) is 3. The van der Waals surface area contributed by atoms with Crippen molar-refractivity contribution in [2.24, 2.45) is 7.05 Å². The molecule has 4 aromatic heterocycles. The number of pyridine rings is 3. The molecule has 0 amide bonds. The molecular formula is C29H36N8O. The van der Waals surface area contributed by atoms with E-state index >= 15 is 0 Å². The molecule has 0 saturated carbocycles. The average molecular weight is 513 g/mol. The number of hydrogen-bond acceptors (Lipinski definition) is 8. The third-order valence-corrected chi connectivity index (χ3v) is 7.10. The molecule has 0 unspecified atom stereocenters. The summed E-state index contributed by atoms with van der Waals surface area (Å²) in [6.07, 6.45) is 11.5. The van der Waals surface area contributed by atoms with Crippen molar-refractivity contribution in [3.8, 4) is 11.3 Å². The molecule has 2 aliphatic heterocycles. The van der Waals surface area contributed by atoms with Crippen LogP contribution >= 0.6 is 0 Å². The Morgan fingerprint density at radius 3 is 2.58 bits per heavy atom. The van der Waals surface area contributed by atoms with Gasteiger partial charge in [0.25, 0.3) is 0 Å². The predicted molar refractivity (Wildman–Crippen MR) is 153 cm³/mol. The zero-order chi connectivity index (χ0) is 26.3. The fourth-order valence-electron chi connectivity index (χ4n) is 5.14. The van der Waals surface area contributed by atoms with Gasteiger partial charge < -0.3 is 25.4 Å². The first kappa shape index (κ1) is 25.8. The van der Waals surface area contributed by atoms with Crippen LogP contribution in [0.25, 0.3) is 22.3 Å². The molecule has 6 heterocycles. The molecule has 0 aromatic carbocycles. The molecule has 9 heteroatoms. The van der Waals surface area contributed by atoms with E-state index in [1.807, 2.05) is 55.2 Å². The van der Waals surface area contributed by atoms with Crippen LogP contribution in [0, 0.1) is 0 Å². The van der Waals surface area contributed by atoms with Gasteiger partial charge in [-0.15, -0.1) is 0 Å². The van der Waals surface area contributed by atoms with Crippen LogP contribution in [0.2, 0.25) is 0 Å². The van der Waals surface area contributed by atoms with Crippen molar-refractivity contribution in [1.29, 1.82) is 0 Å². The molecular weight excluding hydrogens is 476 g/mol. The van der Waals surface area contributed by atoms with Gasteiger partial charge in [-0.1, -0.05) is 6.07 Å². The lowest BCUT2D eigenvalue weighted by Crippen LogP contribution is -2.19. The zero-order valence-electron chi connectivity index (χ0n) is 22.2. The van der Waals surface area contributed by atoms with Crippen LogP contribution in [0.5, 0.6) is 0 Å².